The summed E-state index contributed by atoms with van der Waals surface area (Å²) in [5.74, 6) is -0.658. The molecular formula is C20H19NO4S3. The van der Waals surface area contributed by atoms with E-state index in [-0.39, 0.29) is 18.1 Å². The van der Waals surface area contributed by atoms with Gasteiger partial charge in [0.1, 0.15) is 10.1 Å². The van der Waals surface area contributed by atoms with Crippen LogP contribution in [-0.4, -0.2) is 37.9 Å². The molecule has 1 aliphatic heterocycles. The Hall–Kier alpha value is -2.16. The van der Waals surface area contributed by atoms with Crippen molar-refractivity contribution in [1.82, 2.24) is 4.90 Å². The molecule has 1 aromatic carbocycles. The molecule has 0 bridgehead atoms. The molecule has 1 saturated heterocycles. The largest absolute Gasteiger partial charge is 0.508 e. The van der Waals surface area contributed by atoms with E-state index in [1.807, 2.05) is 29.7 Å². The Labute approximate surface area is 176 Å². The first kappa shape index (κ1) is 20.6. The number of hydrogen-bond donors (Lipinski definition) is 2. The first-order valence-electron chi connectivity index (χ1n) is 8.79. The van der Waals surface area contributed by atoms with Crippen molar-refractivity contribution in [2.24, 2.45) is 0 Å². The number of carboxylic acid groups (broad SMARTS) is 1. The number of hydrogen-bond acceptors (Lipinski definition) is 6. The van der Waals surface area contributed by atoms with Gasteiger partial charge in [0, 0.05) is 17.8 Å². The number of carbonyl (C=O) groups excluding carboxylic acids is 1. The van der Waals surface area contributed by atoms with Crippen LogP contribution in [0.2, 0.25) is 0 Å². The lowest BCUT2D eigenvalue weighted by Gasteiger charge is -2.13. The van der Waals surface area contributed by atoms with E-state index in [4.69, 9.17) is 17.3 Å². The Balaban J connectivity index is 1.62. The molecular weight excluding hydrogens is 414 g/mol. The van der Waals surface area contributed by atoms with E-state index in [1.54, 1.807) is 28.4 Å². The maximum Gasteiger partial charge on any atom is 0.303 e. The molecule has 2 N–H and O–H groups in total. The number of amides is 1. The number of carbonyl (C=O) groups is 2. The van der Waals surface area contributed by atoms with E-state index in [0.29, 0.717) is 22.2 Å². The maximum atomic E-state index is 12.6. The minimum atomic E-state index is -0.795. The fraction of sp³-hybridized carbons (Fsp3) is 0.250. The monoisotopic (exact) mass is 433 g/mol. The molecule has 28 heavy (non-hydrogen) atoms. The van der Waals surface area contributed by atoms with Crippen molar-refractivity contribution in [3.63, 3.8) is 0 Å². The molecule has 0 spiro atoms. The topological polar surface area (TPSA) is 77.8 Å². The molecule has 3 rings (SSSR count). The van der Waals surface area contributed by atoms with Gasteiger partial charge in [-0.25, -0.2) is 0 Å². The Kier molecular flexibility index (Phi) is 6.88. The van der Waals surface area contributed by atoms with Crippen LogP contribution in [0.25, 0.3) is 17.2 Å². The number of rotatable bonds is 8. The van der Waals surface area contributed by atoms with E-state index < -0.39 is 5.97 Å². The summed E-state index contributed by atoms with van der Waals surface area (Å²) < 4.78 is 0.546. The second-order valence-electron chi connectivity index (χ2n) is 6.32. The first-order chi connectivity index (χ1) is 13.4. The van der Waals surface area contributed by atoms with Crippen LogP contribution in [0, 0.1) is 0 Å². The quantitative estimate of drug-likeness (QED) is 0.348. The summed E-state index contributed by atoms with van der Waals surface area (Å²) in [5, 5.41) is 20.1. The minimum Gasteiger partial charge on any atom is -0.508 e. The molecule has 5 nitrogen and oxygen atoms in total. The summed E-state index contributed by atoms with van der Waals surface area (Å²) in [4.78, 5) is 26.3. The zero-order valence-electron chi connectivity index (χ0n) is 15.0. The van der Waals surface area contributed by atoms with Gasteiger partial charge in [-0.05, 0) is 53.6 Å². The summed E-state index contributed by atoms with van der Waals surface area (Å²) in [7, 11) is 0. The van der Waals surface area contributed by atoms with Crippen LogP contribution < -0.4 is 0 Å². The van der Waals surface area contributed by atoms with Crippen LogP contribution in [0.1, 0.15) is 30.6 Å². The molecule has 2 aromatic rings. The zero-order chi connectivity index (χ0) is 20.1. The van der Waals surface area contributed by atoms with Gasteiger partial charge in [-0.1, -0.05) is 42.5 Å². The van der Waals surface area contributed by atoms with Crippen LogP contribution in [-0.2, 0) is 9.59 Å². The smallest absolute Gasteiger partial charge is 0.303 e. The van der Waals surface area contributed by atoms with E-state index in [9.17, 15) is 14.7 Å². The lowest BCUT2D eigenvalue weighted by Crippen LogP contribution is -2.29. The number of aromatic hydroxyl groups is 1. The Morgan fingerprint density at radius 1 is 1.14 bits per heavy atom. The number of carboxylic acids is 1. The number of thiophene rings is 1. The third-order valence-electron chi connectivity index (χ3n) is 4.24. The van der Waals surface area contributed by atoms with E-state index in [1.165, 1.54) is 11.8 Å². The second-order valence-corrected chi connectivity index (χ2v) is 8.94. The summed E-state index contributed by atoms with van der Waals surface area (Å²) in [6.45, 7) is 0.519. The average Bonchev–Trinajstić information content (AvgIpc) is 3.22. The fourth-order valence-electron chi connectivity index (χ4n) is 2.78. The number of phenols is 1. The molecule has 1 aromatic heterocycles. The standard InChI is InChI=1S/C20H19NO4S3/c22-15-7-5-13(6-8-15)14-10-16(27-12-14)11-17-19(25)21(20(26)28-17)9-3-1-2-4-18(23)24/h5-8,10-12,22H,1-4,9H2,(H,23,24). The van der Waals surface area contributed by atoms with Crippen molar-refractivity contribution < 1.29 is 19.8 Å². The van der Waals surface area contributed by atoms with Gasteiger partial charge in [-0.3, -0.25) is 14.5 Å². The zero-order valence-corrected chi connectivity index (χ0v) is 17.4. The van der Waals surface area contributed by atoms with Gasteiger partial charge >= 0.3 is 5.97 Å². The van der Waals surface area contributed by atoms with Gasteiger partial charge in [0.15, 0.2) is 0 Å². The van der Waals surface area contributed by atoms with Gasteiger partial charge in [0.05, 0.1) is 4.91 Å². The number of thioether (sulfide) groups is 1. The minimum absolute atomic E-state index is 0.0900. The van der Waals surface area contributed by atoms with E-state index >= 15 is 0 Å². The number of phenolic OH excluding ortho intramolecular Hbond substituents is 1. The van der Waals surface area contributed by atoms with Crippen LogP contribution in [0.3, 0.4) is 0 Å². The maximum absolute atomic E-state index is 12.6. The van der Waals surface area contributed by atoms with Crippen molar-refractivity contribution >= 4 is 57.6 Å². The predicted molar refractivity (Wildman–Crippen MR) is 117 cm³/mol. The molecule has 0 radical (unpaired) electrons. The van der Waals surface area contributed by atoms with Crippen LogP contribution in [0.4, 0.5) is 0 Å². The van der Waals surface area contributed by atoms with Crippen LogP contribution in [0.15, 0.2) is 40.6 Å². The summed E-state index contributed by atoms with van der Waals surface area (Å²) >= 11 is 8.18. The SMILES string of the molecule is O=C(O)CCCCCN1C(=O)C(=Cc2cc(-c3ccc(O)cc3)cs2)SC1=S. The van der Waals surface area contributed by atoms with Crippen LogP contribution >= 0.6 is 35.3 Å². The third kappa shape index (κ3) is 5.21. The molecule has 1 fully saturated rings. The average molecular weight is 434 g/mol. The van der Waals surface area contributed by atoms with Gasteiger partial charge in [-0.2, -0.15) is 0 Å². The normalized spacial score (nSPS) is 15.6. The van der Waals surface area contributed by atoms with Crippen molar-refractivity contribution in [2.75, 3.05) is 6.54 Å². The number of nitrogens with zero attached hydrogens (tertiary/aromatic N) is 1. The van der Waals surface area contributed by atoms with Crippen molar-refractivity contribution in [3.05, 3.63) is 45.5 Å². The summed E-state index contributed by atoms with van der Waals surface area (Å²) in [6, 6.07) is 9.01. The molecule has 1 amide bonds. The Morgan fingerprint density at radius 2 is 1.89 bits per heavy atom. The number of thiocarbonyl (C=S) groups is 1. The highest BCUT2D eigenvalue weighted by Gasteiger charge is 2.31. The predicted octanol–water partition coefficient (Wildman–Crippen LogP) is 4.97. The molecule has 146 valence electrons. The number of unbranched alkanes of at least 4 members (excludes halogenated alkanes) is 2. The lowest BCUT2D eigenvalue weighted by molar-refractivity contribution is -0.137. The Bertz CT molecular complexity index is 918. The van der Waals surface area contributed by atoms with Gasteiger partial charge < -0.3 is 10.2 Å². The molecule has 8 heteroatoms. The number of benzene rings is 1. The highest BCUT2D eigenvalue weighted by molar-refractivity contribution is 8.26. The van der Waals surface area contributed by atoms with Crippen molar-refractivity contribution in [2.45, 2.75) is 25.7 Å². The highest BCUT2D eigenvalue weighted by Crippen LogP contribution is 2.35. The molecule has 0 unspecified atom stereocenters. The number of aliphatic carboxylic acids is 1. The lowest BCUT2D eigenvalue weighted by atomic mass is 10.1. The highest BCUT2D eigenvalue weighted by atomic mass is 32.2. The third-order valence-corrected chi connectivity index (χ3v) is 6.50. The fourth-order valence-corrected chi connectivity index (χ4v) is 5.00. The van der Waals surface area contributed by atoms with Gasteiger partial charge in [0.2, 0.25) is 0 Å². The molecule has 0 saturated carbocycles. The summed E-state index contributed by atoms with van der Waals surface area (Å²) in [6.07, 6.45) is 4.11. The van der Waals surface area contributed by atoms with Crippen molar-refractivity contribution in [1.29, 1.82) is 0 Å². The van der Waals surface area contributed by atoms with E-state index in [0.717, 1.165) is 28.8 Å². The van der Waals surface area contributed by atoms with Crippen molar-refractivity contribution in [3.8, 4) is 16.9 Å². The Morgan fingerprint density at radius 3 is 2.61 bits per heavy atom. The van der Waals surface area contributed by atoms with Gasteiger partial charge in [-0.15, -0.1) is 11.3 Å². The summed E-state index contributed by atoms with van der Waals surface area (Å²) in [5.41, 5.74) is 2.03. The van der Waals surface area contributed by atoms with E-state index in [2.05, 4.69) is 0 Å². The first-order valence-corrected chi connectivity index (χ1v) is 10.9. The second kappa shape index (κ2) is 9.36. The molecule has 0 atom stereocenters. The van der Waals surface area contributed by atoms with Crippen LogP contribution in [0.5, 0.6) is 5.75 Å². The molecule has 1 aliphatic rings. The molecule has 2 heterocycles. The van der Waals surface area contributed by atoms with Gasteiger partial charge in [0.25, 0.3) is 5.91 Å². The molecule has 0 aliphatic carbocycles.